The molecular weight excluding hydrogens is 438 g/mol. The molecule has 182 valence electrons. The topological polar surface area (TPSA) is 136 Å². The fourth-order valence-corrected chi connectivity index (χ4v) is 3.21. The fourth-order valence-electron chi connectivity index (χ4n) is 3.21. The van der Waals surface area contributed by atoms with Crippen molar-refractivity contribution < 1.29 is 47.6 Å². The molecule has 0 unspecified atom stereocenters. The monoisotopic (exact) mass is 467 g/mol. The highest BCUT2D eigenvalue weighted by Crippen LogP contribution is 2.29. The van der Waals surface area contributed by atoms with E-state index >= 15 is 0 Å². The van der Waals surface area contributed by atoms with E-state index in [-0.39, 0.29) is 19.8 Å². The van der Waals surface area contributed by atoms with Crippen LogP contribution in [0.2, 0.25) is 0 Å². The van der Waals surface area contributed by atoms with Gasteiger partial charge >= 0.3 is 24.0 Å². The standard InChI is InChI=1S/C22H29NO10/c1-13-18(31-14(2)24)19(32-15(3)25)20(33-16(4)26)21(30-13)28-11-10-23-22(27)29-12-17-8-6-5-7-9-17/h5-9,13,18-21H,10-12H2,1-4H3,(H,23,27)/t13-,18+,19+,20-,21+/m0/s1. The van der Waals surface area contributed by atoms with E-state index in [2.05, 4.69) is 5.32 Å². The summed E-state index contributed by atoms with van der Waals surface area (Å²) in [5.74, 6) is -1.95. The van der Waals surface area contributed by atoms with E-state index in [9.17, 15) is 19.2 Å². The molecule has 0 aromatic heterocycles. The largest absolute Gasteiger partial charge is 0.456 e. The van der Waals surface area contributed by atoms with Crippen molar-refractivity contribution in [3.63, 3.8) is 0 Å². The number of nitrogens with one attached hydrogen (secondary N) is 1. The van der Waals surface area contributed by atoms with Crippen LogP contribution in [0.3, 0.4) is 0 Å². The SMILES string of the molecule is CC(=O)O[C@H]1[C@H](OC(C)=O)[C@H](OCCNC(=O)OCc2ccccc2)O[C@@H](C)[C@H]1OC(C)=O. The number of esters is 3. The zero-order valence-electron chi connectivity index (χ0n) is 19.0. The van der Waals surface area contributed by atoms with Crippen molar-refractivity contribution in [3.8, 4) is 0 Å². The highest BCUT2D eigenvalue weighted by atomic mass is 16.7. The van der Waals surface area contributed by atoms with E-state index in [4.69, 9.17) is 28.4 Å². The molecule has 1 aliphatic rings. The third kappa shape index (κ3) is 8.70. The first-order valence-corrected chi connectivity index (χ1v) is 10.4. The second-order valence-corrected chi connectivity index (χ2v) is 7.29. The van der Waals surface area contributed by atoms with Crippen LogP contribution in [0.15, 0.2) is 30.3 Å². The molecule has 0 spiro atoms. The summed E-state index contributed by atoms with van der Waals surface area (Å²) in [5.41, 5.74) is 0.844. The molecule has 0 bridgehead atoms. The average molecular weight is 467 g/mol. The molecule has 1 aliphatic heterocycles. The van der Waals surface area contributed by atoms with Crippen molar-refractivity contribution in [2.75, 3.05) is 13.2 Å². The van der Waals surface area contributed by atoms with Gasteiger partial charge in [-0.15, -0.1) is 0 Å². The van der Waals surface area contributed by atoms with E-state index < -0.39 is 54.7 Å². The Morgan fingerprint density at radius 2 is 1.45 bits per heavy atom. The number of hydrogen-bond donors (Lipinski definition) is 1. The van der Waals surface area contributed by atoms with Gasteiger partial charge in [0, 0.05) is 27.3 Å². The van der Waals surface area contributed by atoms with Gasteiger partial charge in [0.05, 0.1) is 12.7 Å². The quantitative estimate of drug-likeness (QED) is 0.323. The van der Waals surface area contributed by atoms with Gasteiger partial charge in [0.15, 0.2) is 24.6 Å². The normalized spacial score (nSPS) is 24.3. The lowest BCUT2D eigenvalue weighted by atomic mass is 9.99. The molecule has 5 atom stereocenters. The predicted molar refractivity (Wildman–Crippen MR) is 112 cm³/mol. The minimum atomic E-state index is -1.20. The molecule has 1 aromatic carbocycles. The van der Waals surface area contributed by atoms with Gasteiger partial charge in [0.25, 0.3) is 0 Å². The Kier molecular flexibility index (Phi) is 10.1. The fraction of sp³-hybridized carbons (Fsp3) is 0.545. The lowest BCUT2D eigenvalue weighted by Gasteiger charge is -2.43. The van der Waals surface area contributed by atoms with Crippen molar-refractivity contribution in [1.82, 2.24) is 5.32 Å². The Bertz CT molecular complexity index is 815. The molecule has 1 N–H and O–H groups in total. The molecule has 1 saturated heterocycles. The van der Waals surface area contributed by atoms with Crippen molar-refractivity contribution in [3.05, 3.63) is 35.9 Å². The first-order valence-electron chi connectivity index (χ1n) is 10.4. The van der Waals surface area contributed by atoms with Crippen molar-refractivity contribution in [1.29, 1.82) is 0 Å². The number of hydrogen-bond acceptors (Lipinski definition) is 10. The van der Waals surface area contributed by atoms with Crippen LogP contribution in [0.5, 0.6) is 0 Å². The Morgan fingerprint density at radius 3 is 2.06 bits per heavy atom. The molecule has 1 heterocycles. The van der Waals surface area contributed by atoms with Gasteiger partial charge in [0.2, 0.25) is 0 Å². The first-order chi connectivity index (χ1) is 15.7. The summed E-state index contributed by atoms with van der Waals surface area (Å²) in [6.07, 6.45) is -5.86. The van der Waals surface area contributed by atoms with Crippen LogP contribution >= 0.6 is 0 Å². The third-order valence-electron chi connectivity index (χ3n) is 4.50. The van der Waals surface area contributed by atoms with Gasteiger partial charge < -0.3 is 33.7 Å². The van der Waals surface area contributed by atoms with Gasteiger partial charge in [0.1, 0.15) is 6.61 Å². The van der Waals surface area contributed by atoms with E-state index in [0.29, 0.717) is 0 Å². The minimum Gasteiger partial charge on any atom is -0.456 e. The molecule has 11 nitrogen and oxygen atoms in total. The van der Waals surface area contributed by atoms with E-state index in [1.54, 1.807) is 6.92 Å². The zero-order valence-corrected chi connectivity index (χ0v) is 19.0. The highest BCUT2D eigenvalue weighted by molar-refractivity contribution is 5.68. The van der Waals surface area contributed by atoms with E-state index in [1.807, 2.05) is 30.3 Å². The summed E-state index contributed by atoms with van der Waals surface area (Å²) in [7, 11) is 0. The van der Waals surface area contributed by atoms with E-state index in [1.165, 1.54) is 20.8 Å². The molecule has 11 heteroatoms. The smallest absolute Gasteiger partial charge is 0.407 e. The summed E-state index contributed by atoms with van der Waals surface area (Å²) < 4.78 is 32.3. The van der Waals surface area contributed by atoms with Crippen molar-refractivity contribution >= 4 is 24.0 Å². The van der Waals surface area contributed by atoms with Gasteiger partial charge in [-0.1, -0.05) is 30.3 Å². The maximum atomic E-state index is 11.9. The number of carbonyl (C=O) groups is 4. The van der Waals surface area contributed by atoms with Crippen molar-refractivity contribution in [2.24, 2.45) is 0 Å². The zero-order chi connectivity index (χ0) is 24.4. The Morgan fingerprint density at radius 1 is 0.879 bits per heavy atom. The number of carbonyl (C=O) groups excluding carboxylic acids is 4. The summed E-state index contributed by atoms with van der Waals surface area (Å²) in [6, 6.07) is 9.19. The van der Waals surface area contributed by atoms with Crippen LogP contribution in [0.25, 0.3) is 0 Å². The predicted octanol–water partition coefficient (Wildman–Crippen LogP) is 1.47. The van der Waals surface area contributed by atoms with Crippen molar-refractivity contribution in [2.45, 2.75) is 65.0 Å². The summed E-state index contributed by atoms with van der Waals surface area (Å²) in [5, 5.41) is 2.53. The molecule has 1 amide bonds. The number of amides is 1. The second kappa shape index (κ2) is 12.8. The first kappa shape index (κ1) is 26.1. The molecule has 0 aliphatic carbocycles. The average Bonchev–Trinajstić information content (AvgIpc) is 2.74. The Labute approximate surface area is 191 Å². The lowest BCUT2D eigenvalue weighted by Crippen LogP contribution is -2.61. The van der Waals surface area contributed by atoms with Crippen LogP contribution in [0.1, 0.15) is 33.3 Å². The van der Waals surface area contributed by atoms with Gasteiger partial charge in [-0.05, 0) is 12.5 Å². The molecule has 1 fully saturated rings. The maximum Gasteiger partial charge on any atom is 0.407 e. The molecule has 1 aromatic rings. The summed E-state index contributed by atoms with van der Waals surface area (Å²) in [4.78, 5) is 46.7. The van der Waals surface area contributed by atoms with Crippen LogP contribution in [0, 0.1) is 0 Å². The molecule has 2 rings (SSSR count). The highest BCUT2D eigenvalue weighted by Gasteiger charge is 2.50. The third-order valence-corrected chi connectivity index (χ3v) is 4.50. The molecule has 0 saturated carbocycles. The number of alkyl carbamates (subject to hydrolysis) is 1. The Balaban J connectivity index is 1.94. The van der Waals surface area contributed by atoms with Crippen LogP contribution in [0.4, 0.5) is 4.79 Å². The van der Waals surface area contributed by atoms with Crippen LogP contribution < -0.4 is 5.32 Å². The van der Waals surface area contributed by atoms with Gasteiger partial charge in [-0.3, -0.25) is 14.4 Å². The minimum absolute atomic E-state index is 0.0272. The molecule has 33 heavy (non-hydrogen) atoms. The van der Waals surface area contributed by atoms with E-state index in [0.717, 1.165) is 5.56 Å². The van der Waals surface area contributed by atoms with Gasteiger partial charge in [-0.2, -0.15) is 0 Å². The molecular formula is C22H29NO10. The number of rotatable bonds is 9. The Hall–Kier alpha value is -3.18. The number of benzene rings is 1. The summed E-state index contributed by atoms with van der Waals surface area (Å²) >= 11 is 0. The molecule has 0 radical (unpaired) electrons. The van der Waals surface area contributed by atoms with Crippen LogP contribution in [-0.2, 0) is 49.4 Å². The second-order valence-electron chi connectivity index (χ2n) is 7.29. The maximum absolute atomic E-state index is 11.9. The van der Waals surface area contributed by atoms with Crippen LogP contribution in [-0.4, -0.2) is 67.9 Å². The summed E-state index contributed by atoms with van der Waals surface area (Å²) in [6.45, 7) is 5.31. The lowest BCUT2D eigenvalue weighted by molar-refractivity contribution is -0.300. The number of ether oxygens (including phenoxy) is 6. The van der Waals surface area contributed by atoms with Gasteiger partial charge in [-0.25, -0.2) is 4.79 Å².